The summed E-state index contributed by atoms with van der Waals surface area (Å²) in [5.41, 5.74) is 1.28. The van der Waals surface area contributed by atoms with Crippen molar-refractivity contribution < 1.29 is 9.72 Å². The smallest absolute Gasteiger partial charge is 0.273 e. The molecule has 2 aromatic rings. The van der Waals surface area contributed by atoms with E-state index in [2.05, 4.69) is 22.6 Å². The lowest BCUT2D eigenvalue weighted by Crippen LogP contribution is -2.38. The fourth-order valence-corrected chi connectivity index (χ4v) is 3.34. The van der Waals surface area contributed by atoms with Gasteiger partial charge in [-0.25, -0.2) is 4.68 Å². The van der Waals surface area contributed by atoms with Gasteiger partial charge in [-0.1, -0.05) is 31.0 Å². The van der Waals surface area contributed by atoms with Gasteiger partial charge >= 0.3 is 0 Å². The van der Waals surface area contributed by atoms with Crippen molar-refractivity contribution in [2.45, 2.75) is 45.6 Å². The highest BCUT2D eigenvalue weighted by atomic mass is 16.6. The predicted molar refractivity (Wildman–Crippen MR) is 91.6 cm³/mol. The molecule has 1 aromatic carbocycles. The topological polar surface area (TPSA) is 103 Å². The standard InChI is InChI=1S/C17H21N5O3/c1-11-5-3-6-13(9-11)18-17(23)16-12(2)21(20-19-16)14-7-4-8-15(10-14)22(24)25/h4,7-8,10-11,13H,3,5-6,9H2,1-2H3,(H,18,23). The first-order chi connectivity index (χ1) is 12.0. The quantitative estimate of drug-likeness (QED) is 0.679. The largest absolute Gasteiger partial charge is 0.348 e. The van der Waals surface area contributed by atoms with Crippen LogP contribution in [-0.2, 0) is 0 Å². The number of nitrogens with zero attached hydrogens (tertiary/aromatic N) is 4. The number of amides is 1. The zero-order chi connectivity index (χ0) is 18.0. The molecule has 25 heavy (non-hydrogen) atoms. The maximum absolute atomic E-state index is 12.5. The summed E-state index contributed by atoms with van der Waals surface area (Å²) in [4.78, 5) is 23.0. The molecule has 0 bridgehead atoms. The first-order valence-corrected chi connectivity index (χ1v) is 8.43. The minimum absolute atomic E-state index is 0.0328. The molecular formula is C17H21N5O3. The van der Waals surface area contributed by atoms with Gasteiger partial charge in [0, 0.05) is 18.2 Å². The maximum Gasteiger partial charge on any atom is 0.273 e. The van der Waals surface area contributed by atoms with Crippen LogP contribution in [0.4, 0.5) is 5.69 Å². The molecule has 1 fully saturated rings. The summed E-state index contributed by atoms with van der Waals surface area (Å²) >= 11 is 0. The lowest BCUT2D eigenvalue weighted by Gasteiger charge is -2.27. The van der Waals surface area contributed by atoms with Gasteiger partial charge in [-0.05, 0) is 31.7 Å². The Balaban J connectivity index is 1.80. The Bertz CT molecular complexity index is 801. The first-order valence-electron chi connectivity index (χ1n) is 8.43. The van der Waals surface area contributed by atoms with Crippen LogP contribution in [0.15, 0.2) is 24.3 Å². The molecule has 0 saturated heterocycles. The highest BCUT2D eigenvalue weighted by Crippen LogP contribution is 2.24. The van der Waals surface area contributed by atoms with Crippen molar-refractivity contribution in [3.8, 4) is 5.69 Å². The monoisotopic (exact) mass is 343 g/mol. The summed E-state index contributed by atoms with van der Waals surface area (Å²) in [5, 5.41) is 21.9. The number of hydrogen-bond donors (Lipinski definition) is 1. The van der Waals surface area contributed by atoms with Crippen molar-refractivity contribution in [3.63, 3.8) is 0 Å². The second kappa shape index (κ2) is 7.00. The first kappa shape index (κ1) is 17.1. The molecule has 1 amide bonds. The van der Waals surface area contributed by atoms with Crippen molar-refractivity contribution >= 4 is 11.6 Å². The average Bonchev–Trinajstić information content (AvgIpc) is 2.96. The van der Waals surface area contributed by atoms with E-state index in [0.717, 1.165) is 19.3 Å². The second-order valence-corrected chi connectivity index (χ2v) is 6.65. The van der Waals surface area contributed by atoms with Crippen LogP contribution in [0.25, 0.3) is 5.69 Å². The van der Waals surface area contributed by atoms with Crippen molar-refractivity contribution in [3.05, 3.63) is 45.8 Å². The lowest BCUT2D eigenvalue weighted by atomic mass is 9.87. The van der Waals surface area contributed by atoms with Crippen LogP contribution in [0.1, 0.15) is 48.8 Å². The van der Waals surface area contributed by atoms with E-state index in [0.29, 0.717) is 17.3 Å². The maximum atomic E-state index is 12.5. The molecule has 1 aliphatic carbocycles. The average molecular weight is 343 g/mol. The molecule has 0 spiro atoms. The Labute approximate surface area is 145 Å². The van der Waals surface area contributed by atoms with Gasteiger partial charge in [-0.3, -0.25) is 14.9 Å². The van der Waals surface area contributed by atoms with E-state index in [-0.39, 0.29) is 23.3 Å². The van der Waals surface area contributed by atoms with Gasteiger partial charge in [0.25, 0.3) is 11.6 Å². The number of nitro groups is 1. The summed E-state index contributed by atoms with van der Waals surface area (Å²) in [5.74, 6) is 0.369. The SMILES string of the molecule is Cc1c(C(=O)NC2CCCC(C)C2)nnn1-c1cccc([N+](=O)[O-])c1. The second-order valence-electron chi connectivity index (χ2n) is 6.65. The van der Waals surface area contributed by atoms with Gasteiger partial charge in [-0.15, -0.1) is 5.10 Å². The van der Waals surface area contributed by atoms with E-state index in [1.54, 1.807) is 19.1 Å². The fourth-order valence-electron chi connectivity index (χ4n) is 3.34. The Morgan fingerprint density at radius 2 is 2.20 bits per heavy atom. The van der Waals surface area contributed by atoms with Crippen LogP contribution in [-0.4, -0.2) is 31.9 Å². The zero-order valence-electron chi connectivity index (χ0n) is 14.3. The van der Waals surface area contributed by atoms with E-state index < -0.39 is 4.92 Å². The van der Waals surface area contributed by atoms with Gasteiger partial charge in [-0.2, -0.15) is 0 Å². The summed E-state index contributed by atoms with van der Waals surface area (Å²) in [7, 11) is 0. The highest BCUT2D eigenvalue weighted by Gasteiger charge is 2.24. The Morgan fingerprint density at radius 1 is 1.40 bits per heavy atom. The molecule has 1 aromatic heterocycles. The van der Waals surface area contributed by atoms with E-state index in [1.165, 1.54) is 23.2 Å². The lowest BCUT2D eigenvalue weighted by molar-refractivity contribution is -0.384. The van der Waals surface area contributed by atoms with Crippen LogP contribution in [0.3, 0.4) is 0 Å². The van der Waals surface area contributed by atoms with E-state index in [9.17, 15) is 14.9 Å². The Kier molecular flexibility index (Phi) is 4.78. The van der Waals surface area contributed by atoms with Crippen LogP contribution >= 0.6 is 0 Å². The summed E-state index contributed by atoms with van der Waals surface area (Å²) in [6, 6.07) is 6.26. The number of aromatic nitrogens is 3. The van der Waals surface area contributed by atoms with Crippen LogP contribution in [0.5, 0.6) is 0 Å². The third kappa shape index (κ3) is 3.67. The molecule has 1 aliphatic rings. The van der Waals surface area contributed by atoms with Gasteiger partial charge in [0.2, 0.25) is 0 Å². The van der Waals surface area contributed by atoms with Crippen LogP contribution < -0.4 is 5.32 Å². The molecule has 132 valence electrons. The predicted octanol–water partition coefficient (Wildman–Crippen LogP) is 2.79. The summed E-state index contributed by atoms with van der Waals surface area (Å²) in [6.07, 6.45) is 4.28. The number of carbonyl (C=O) groups excluding carboxylic acids is 1. The van der Waals surface area contributed by atoms with E-state index >= 15 is 0 Å². The van der Waals surface area contributed by atoms with Crippen LogP contribution in [0, 0.1) is 23.0 Å². The number of nitrogens with one attached hydrogen (secondary N) is 1. The molecule has 0 aliphatic heterocycles. The van der Waals surface area contributed by atoms with Crippen molar-refractivity contribution in [1.82, 2.24) is 20.3 Å². The molecule has 1 heterocycles. The summed E-state index contributed by atoms with van der Waals surface area (Å²) < 4.78 is 1.45. The van der Waals surface area contributed by atoms with E-state index in [4.69, 9.17) is 0 Å². The molecule has 1 N–H and O–H groups in total. The number of benzene rings is 1. The van der Waals surface area contributed by atoms with Gasteiger partial charge in [0.05, 0.1) is 16.3 Å². The molecule has 3 rings (SSSR count). The molecule has 2 atom stereocenters. The Hall–Kier alpha value is -2.77. The minimum Gasteiger partial charge on any atom is -0.348 e. The minimum atomic E-state index is -0.465. The van der Waals surface area contributed by atoms with Crippen molar-refractivity contribution in [1.29, 1.82) is 0 Å². The fraction of sp³-hybridized carbons (Fsp3) is 0.471. The number of rotatable bonds is 4. The molecule has 8 heteroatoms. The third-order valence-electron chi connectivity index (χ3n) is 4.67. The van der Waals surface area contributed by atoms with Gasteiger partial charge in [0.1, 0.15) is 0 Å². The van der Waals surface area contributed by atoms with Gasteiger partial charge in [0.15, 0.2) is 5.69 Å². The normalized spacial score (nSPS) is 20.2. The van der Waals surface area contributed by atoms with Crippen LogP contribution in [0.2, 0.25) is 0 Å². The van der Waals surface area contributed by atoms with Gasteiger partial charge < -0.3 is 5.32 Å². The molecule has 1 saturated carbocycles. The Morgan fingerprint density at radius 3 is 2.92 bits per heavy atom. The highest BCUT2D eigenvalue weighted by molar-refractivity contribution is 5.93. The number of nitro benzene ring substituents is 1. The zero-order valence-corrected chi connectivity index (χ0v) is 14.3. The summed E-state index contributed by atoms with van der Waals surface area (Å²) in [6.45, 7) is 3.93. The van der Waals surface area contributed by atoms with Crippen molar-refractivity contribution in [2.24, 2.45) is 5.92 Å². The van der Waals surface area contributed by atoms with E-state index in [1.807, 2.05) is 0 Å². The number of carbonyl (C=O) groups is 1. The molecule has 8 nitrogen and oxygen atoms in total. The number of non-ortho nitro benzene ring substituents is 1. The molecular weight excluding hydrogens is 322 g/mol. The molecule has 0 radical (unpaired) electrons. The molecule has 2 unspecified atom stereocenters. The van der Waals surface area contributed by atoms with Crippen molar-refractivity contribution in [2.75, 3.05) is 0 Å². The third-order valence-corrected chi connectivity index (χ3v) is 4.67. The number of hydrogen-bond acceptors (Lipinski definition) is 5.